The minimum Gasteiger partial charge on any atom is -0.479 e. The standard InChI is InChI=1S/C27H32ClNO6S/c28-21-24(35-15-20(30)31)26(27(33)34)36-25(21)18-12-7-13-19(14-18)29-22(16-8-3-1-4-9-16)23(32)17-10-5-2-6-11-17/h7,12-14,16-17,22,29H,1-6,8-11,15H2,(H,30,31)(H,33,34). The van der Waals surface area contributed by atoms with Crippen LogP contribution in [0.5, 0.6) is 5.75 Å². The number of nitrogens with one attached hydrogen (secondary N) is 1. The second-order valence-electron chi connectivity index (χ2n) is 9.73. The average Bonchev–Trinajstić information content (AvgIpc) is 3.23. The van der Waals surface area contributed by atoms with Crippen molar-refractivity contribution in [1.82, 2.24) is 0 Å². The molecule has 0 amide bonds. The summed E-state index contributed by atoms with van der Waals surface area (Å²) in [6.45, 7) is -0.690. The molecular weight excluding hydrogens is 502 g/mol. The van der Waals surface area contributed by atoms with Crippen LogP contribution in [0, 0.1) is 11.8 Å². The van der Waals surface area contributed by atoms with Gasteiger partial charge < -0.3 is 20.3 Å². The van der Waals surface area contributed by atoms with E-state index in [0.717, 1.165) is 68.4 Å². The number of thiophene rings is 1. The van der Waals surface area contributed by atoms with Gasteiger partial charge >= 0.3 is 11.9 Å². The first kappa shape index (κ1) is 26.5. The van der Waals surface area contributed by atoms with Crippen LogP contribution >= 0.6 is 22.9 Å². The Morgan fingerprint density at radius 3 is 2.33 bits per heavy atom. The van der Waals surface area contributed by atoms with Crippen molar-refractivity contribution >= 4 is 46.3 Å². The summed E-state index contributed by atoms with van der Waals surface area (Å²) in [6, 6.07) is 7.19. The van der Waals surface area contributed by atoms with Crippen molar-refractivity contribution < 1.29 is 29.3 Å². The Kier molecular flexibility index (Phi) is 8.90. The van der Waals surface area contributed by atoms with Crippen LogP contribution in [0.4, 0.5) is 5.69 Å². The van der Waals surface area contributed by atoms with Crippen molar-refractivity contribution in [2.24, 2.45) is 11.8 Å². The molecular formula is C27H32ClNO6S. The van der Waals surface area contributed by atoms with E-state index in [1.165, 1.54) is 12.8 Å². The number of ketones is 1. The molecule has 0 spiro atoms. The maximum absolute atomic E-state index is 13.6. The lowest BCUT2D eigenvalue weighted by molar-refractivity contribution is -0.139. The highest BCUT2D eigenvalue weighted by Crippen LogP contribution is 2.46. The molecule has 2 saturated carbocycles. The quantitative estimate of drug-likeness (QED) is 0.310. The summed E-state index contributed by atoms with van der Waals surface area (Å²) in [5.74, 6) is -1.87. The molecule has 1 aromatic heterocycles. The van der Waals surface area contributed by atoms with Gasteiger partial charge in [-0.25, -0.2) is 9.59 Å². The molecule has 9 heteroatoms. The van der Waals surface area contributed by atoms with E-state index in [-0.39, 0.29) is 27.6 Å². The minimum atomic E-state index is -1.24. The molecule has 1 unspecified atom stereocenters. The lowest BCUT2D eigenvalue weighted by Crippen LogP contribution is -2.42. The number of ether oxygens (including phenoxy) is 1. The molecule has 1 heterocycles. The van der Waals surface area contributed by atoms with E-state index in [9.17, 15) is 19.5 Å². The van der Waals surface area contributed by atoms with Crippen LogP contribution < -0.4 is 10.1 Å². The first-order chi connectivity index (χ1) is 17.3. The van der Waals surface area contributed by atoms with Gasteiger partial charge in [-0.05, 0) is 49.3 Å². The number of halogens is 1. The topological polar surface area (TPSA) is 113 Å². The molecule has 0 saturated heterocycles. The first-order valence-corrected chi connectivity index (χ1v) is 13.9. The van der Waals surface area contributed by atoms with Crippen molar-refractivity contribution in [3.63, 3.8) is 0 Å². The molecule has 36 heavy (non-hydrogen) atoms. The molecule has 2 aromatic rings. The van der Waals surface area contributed by atoms with Gasteiger partial charge in [0.05, 0.1) is 10.9 Å². The van der Waals surface area contributed by atoms with Gasteiger partial charge in [0.15, 0.2) is 23.0 Å². The largest absolute Gasteiger partial charge is 0.479 e. The molecule has 3 N–H and O–H groups in total. The Hall–Kier alpha value is -2.58. The number of anilines is 1. The third-order valence-electron chi connectivity index (χ3n) is 7.23. The Morgan fingerprint density at radius 1 is 1.03 bits per heavy atom. The van der Waals surface area contributed by atoms with Gasteiger partial charge in [-0.1, -0.05) is 62.3 Å². The Labute approximate surface area is 219 Å². The smallest absolute Gasteiger partial charge is 0.349 e. The van der Waals surface area contributed by atoms with E-state index in [4.69, 9.17) is 21.4 Å². The van der Waals surface area contributed by atoms with E-state index >= 15 is 0 Å². The zero-order chi connectivity index (χ0) is 25.7. The molecule has 194 valence electrons. The molecule has 4 rings (SSSR count). The summed E-state index contributed by atoms with van der Waals surface area (Å²) >= 11 is 7.42. The molecule has 2 fully saturated rings. The van der Waals surface area contributed by atoms with Gasteiger partial charge in [0, 0.05) is 11.6 Å². The number of benzene rings is 1. The van der Waals surface area contributed by atoms with Gasteiger partial charge in [0.1, 0.15) is 5.02 Å². The number of hydrogen-bond donors (Lipinski definition) is 3. The summed E-state index contributed by atoms with van der Waals surface area (Å²) in [4.78, 5) is 36.7. The van der Waals surface area contributed by atoms with Crippen molar-refractivity contribution in [3.8, 4) is 16.2 Å². The molecule has 2 aliphatic rings. The van der Waals surface area contributed by atoms with Crippen LogP contribution in [0.2, 0.25) is 5.02 Å². The van der Waals surface area contributed by atoms with Gasteiger partial charge in [0.25, 0.3) is 0 Å². The van der Waals surface area contributed by atoms with Crippen LogP contribution in [0.15, 0.2) is 24.3 Å². The van der Waals surface area contributed by atoms with Crippen molar-refractivity contribution in [3.05, 3.63) is 34.2 Å². The van der Waals surface area contributed by atoms with Crippen molar-refractivity contribution in [2.75, 3.05) is 11.9 Å². The Morgan fingerprint density at radius 2 is 1.69 bits per heavy atom. The fraction of sp³-hybridized carbons (Fsp3) is 0.519. The number of aliphatic carboxylic acids is 1. The summed E-state index contributed by atoms with van der Waals surface area (Å²) in [5.41, 5.74) is 1.46. The zero-order valence-electron chi connectivity index (χ0n) is 20.1. The highest BCUT2D eigenvalue weighted by Gasteiger charge is 2.34. The van der Waals surface area contributed by atoms with E-state index in [1.54, 1.807) is 0 Å². The monoisotopic (exact) mass is 533 g/mol. The molecule has 0 aliphatic heterocycles. The molecule has 2 aliphatic carbocycles. The van der Waals surface area contributed by atoms with Gasteiger partial charge in [0.2, 0.25) is 0 Å². The van der Waals surface area contributed by atoms with E-state index in [2.05, 4.69) is 5.32 Å². The van der Waals surface area contributed by atoms with Gasteiger partial charge in [-0.15, -0.1) is 11.3 Å². The lowest BCUT2D eigenvalue weighted by atomic mass is 9.76. The second kappa shape index (κ2) is 12.1. The maximum atomic E-state index is 13.6. The summed E-state index contributed by atoms with van der Waals surface area (Å²) in [5, 5.41) is 22.1. The predicted molar refractivity (Wildman–Crippen MR) is 140 cm³/mol. The zero-order valence-corrected chi connectivity index (χ0v) is 21.7. The van der Waals surface area contributed by atoms with Gasteiger partial charge in [-0.2, -0.15) is 0 Å². The normalized spacial score (nSPS) is 17.9. The Bertz CT molecular complexity index is 1100. The van der Waals surface area contributed by atoms with Crippen molar-refractivity contribution in [1.29, 1.82) is 0 Å². The number of hydrogen-bond acceptors (Lipinski definition) is 6. The summed E-state index contributed by atoms with van der Waals surface area (Å²) in [6.07, 6.45) is 10.9. The minimum absolute atomic E-state index is 0.0675. The first-order valence-electron chi connectivity index (χ1n) is 12.7. The lowest BCUT2D eigenvalue weighted by Gasteiger charge is -2.34. The highest BCUT2D eigenvalue weighted by atomic mass is 35.5. The second-order valence-corrected chi connectivity index (χ2v) is 11.1. The van der Waals surface area contributed by atoms with Crippen LogP contribution in [-0.4, -0.2) is 40.6 Å². The predicted octanol–water partition coefficient (Wildman–Crippen LogP) is 6.74. The molecule has 1 aromatic carbocycles. The number of aromatic carboxylic acids is 1. The van der Waals surface area contributed by atoms with Gasteiger partial charge in [-0.3, -0.25) is 4.79 Å². The maximum Gasteiger partial charge on any atom is 0.349 e. The summed E-state index contributed by atoms with van der Waals surface area (Å²) < 4.78 is 5.20. The number of carboxylic acids is 2. The number of Topliss-reactive ketones (excluding diaryl/α,β-unsaturated/α-hetero) is 1. The van der Waals surface area contributed by atoms with Crippen LogP contribution in [-0.2, 0) is 9.59 Å². The third-order valence-corrected chi connectivity index (χ3v) is 8.91. The molecule has 1 atom stereocenters. The van der Waals surface area contributed by atoms with Crippen LogP contribution in [0.25, 0.3) is 10.4 Å². The Balaban J connectivity index is 1.61. The van der Waals surface area contributed by atoms with Crippen LogP contribution in [0.1, 0.15) is 73.9 Å². The highest BCUT2D eigenvalue weighted by molar-refractivity contribution is 7.18. The molecule has 7 nitrogen and oxygen atoms in total. The molecule has 0 radical (unpaired) electrons. The number of carboxylic acid groups (broad SMARTS) is 2. The van der Waals surface area contributed by atoms with E-state index < -0.39 is 18.5 Å². The SMILES string of the molecule is O=C(O)COc1c(C(=O)O)sc(-c2cccc(NC(C(=O)C3CCCCC3)C3CCCCC3)c2)c1Cl. The van der Waals surface area contributed by atoms with E-state index in [0.29, 0.717) is 22.1 Å². The van der Waals surface area contributed by atoms with Crippen molar-refractivity contribution in [2.45, 2.75) is 70.3 Å². The summed E-state index contributed by atoms with van der Waals surface area (Å²) in [7, 11) is 0. The number of carbonyl (C=O) groups is 3. The fourth-order valence-corrected chi connectivity index (χ4v) is 6.85. The van der Waals surface area contributed by atoms with Crippen LogP contribution in [0.3, 0.4) is 0 Å². The third kappa shape index (κ3) is 6.21. The molecule has 0 bridgehead atoms. The average molecular weight is 534 g/mol. The van der Waals surface area contributed by atoms with E-state index in [1.807, 2.05) is 24.3 Å². The fourth-order valence-electron chi connectivity index (χ4n) is 5.44. The number of rotatable bonds is 10. The number of carbonyl (C=O) groups excluding carboxylic acids is 1.